The minimum absolute atomic E-state index is 0.0293. The highest BCUT2D eigenvalue weighted by Crippen LogP contribution is 2.32. The van der Waals surface area contributed by atoms with Crippen LogP contribution >= 0.6 is 0 Å². The van der Waals surface area contributed by atoms with E-state index >= 15 is 0 Å². The fourth-order valence-corrected chi connectivity index (χ4v) is 4.82. The van der Waals surface area contributed by atoms with Crippen molar-refractivity contribution in [2.75, 3.05) is 38.1 Å². The van der Waals surface area contributed by atoms with Crippen LogP contribution in [-0.4, -0.2) is 71.5 Å². The molecule has 3 amide bonds. The lowest BCUT2D eigenvalue weighted by Gasteiger charge is -2.47. The third-order valence-electron chi connectivity index (χ3n) is 6.66. The molecule has 0 radical (unpaired) electrons. The first-order valence-electron chi connectivity index (χ1n) is 11.6. The van der Waals surface area contributed by atoms with Crippen LogP contribution in [0.1, 0.15) is 23.2 Å². The number of aromatic amines is 1. The highest BCUT2D eigenvalue weighted by atomic mass is 19.4. The summed E-state index contributed by atoms with van der Waals surface area (Å²) >= 11 is 0. The normalized spacial score (nSPS) is 17.9. The number of hydrogen-bond acceptors (Lipinski definition) is 4. The van der Waals surface area contributed by atoms with Crippen molar-refractivity contribution in [3.63, 3.8) is 0 Å². The third-order valence-corrected chi connectivity index (χ3v) is 6.66. The van der Waals surface area contributed by atoms with Crippen molar-refractivity contribution in [1.82, 2.24) is 14.8 Å². The van der Waals surface area contributed by atoms with E-state index in [1.165, 1.54) is 12.1 Å². The molecule has 190 valence electrons. The fraction of sp³-hybridized carbons (Fsp3) is 0.360. The van der Waals surface area contributed by atoms with Gasteiger partial charge in [-0.1, -0.05) is 6.07 Å². The number of piperidine rings is 1. The maximum absolute atomic E-state index is 13.2. The number of alkyl halides is 3. The molecule has 2 aliphatic heterocycles. The van der Waals surface area contributed by atoms with Gasteiger partial charge >= 0.3 is 12.4 Å². The summed E-state index contributed by atoms with van der Waals surface area (Å²) in [5.41, 5.74) is 1.38. The number of anilines is 1. The average molecular weight is 502 g/mol. The van der Waals surface area contributed by atoms with Crippen LogP contribution in [0.15, 0.2) is 54.7 Å². The van der Waals surface area contributed by atoms with Crippen molar-refractivity contribution in [2.24, 2.45) is 0 Å². The van der Waals surface area contributed by atoms with E-state index in [1.807, 2.05) is 35.4 Å². The number of amides is 3. The number of likely N-dealkylation sites (tertiary alicyclic amines) is 1. The van der Waals surface area contributed by atoms with Gasteiger partial charge in [-0.3, -0.25) is 4.79 Å². The van der Waals surface area contributed by atoms with Gasteiger partial charge in [0.25, 0.3) is 5.91 Å². The summed E-state index contributed by atoms with van der Waals surface area (Å²) in [6.07, 6.45) is -1.78. The van der Waals surface area contributed by atoms with Crippen LogP contribution in [0.2, 0.25) is 0 Å². The molecule has 2 aliphatic rings. The van der Waals surface area contributed by atoms with Gasteiger partial charge < -0.3 is 29.6 Å². The smallest absolute Gasteiger partial charge is 0.406 e. The maximum atomic E-state index is 13.2. The molecule has 2 N–H and O–H groups in total. The zero-order valence-electron chi connectivity index (χ0n) is 19.3. The van der Waals surface area contributed by atoms with Crippen molar-refractivity contribution >= 4 is 28.5 Å². The Bertz CT molecular complexity index is 1250. The zero-order chi connectivity index (χ0) is 25.3. The summed E-state index contributed by atoms with van der Waals surface area (Å²) in [4.78, 5) is 32.6. The number of carbonyl (C=O) groups excluding carboxylic acids is 2. The van der Waals surface area contributed by atoms with E-state index in [0.29, 0.717) is 56.9 Å². The Morgan fingerprint density at radius 1 is 1.00 bits per heavy atom. The Labute approximate surface area is 204 Å². The number of nitrogens with zero attached hydrogens (tertiary/aromatic N) is 2. The predicted molar refractivity (Wildman–Crippen MR) is 126 cm³/mol. The number of rotatable bonds is 3. The number of halogens is 3. The molecule has 0 aliphatic carbocycles. The maximum Gasteiger partial charge on any atom is 0.573 e. The first-order chi connectivity index (χ1) is 17.2. The van der Waals surface area contributed by atoms with Crippen LogP contribution in [0.5, 0.6) is 5.75 Å². The van der Waals surface area contributed by atoms with E-state index in [9.17, 15) is 22.8 Å². The number of H-pyrrole nitrogens is 1. The summed E-state index contributed by atoms with van der Waals surface area (Å²) in [7, 11) is 0. The molecule has 2 saturated heterocycles. The standard InChI is InChI=1S/C25H25F3N4O4/c26-25(27,28)36-18-6-4-17(5-7-18)30-23(34)32-14-15-35-24(16-32)9-12-31(13-10-24)22(33)20-2-1-3-21-19(20)8-11-29-21/h1-8,11,29H,9-10,12-16H2,(H,30,34). The Morgan fingerprint density at radius 3 is 2.47 bits per heavy atom. The van der Waals surface area contributed by atoms with E-state index in [0.717, 1.165) is 23.0 Å². The number of ether oxygens (including phenoxy) is 2. The molecule has 0 atom stereocenters. The van der Waals surface area contributed by atoms with Crippen molar-refractivity contribution in [3.05, 3.63) is 60.3 Å². The lowest BCUT2D eigenvalue weighted by molar-refractivity contribution is -0.274. The highest BCUT2D eigenvalue weighted by molar-refractivity contribution is 6.06. The number of hydrogen-bond donors (Lipinski definition) is 2. The molecule has 1 spiro atoms. The minimum Gasteiger partial charge on any atom is -0.406 e. The van der Waals surface area contributed by atoms with Crippen molar-refractivity contribution < 1.29 is 32.2 Å². The number of benzene rings is 2. The number of urea groups is 1. The number of nitrogens with one attached hydrogen (secondary N) is 2. The first kappa shape index (κ1) is 24.0. The van der Waals surface area contributed by atoms with Crippen LogP contribution < -0.4 is 10.1 Å². The van der Waals surface area contributed by atoms with Crippen molar-refractivity contribution in [2.45, 2.75) is 24.8 Å². The number of carbonyl (C=O) groups is 2. The molecule has 1 aromatic heterocycles. The number of fused-ring (bicyclic) bond motifs is 1. The quantitative estimate of drug-likeness (QED) is 0.548. The molecule has 3 heterocycles. The van der Waals surface area contributed by atoms with Gasteiger partial charge in [0.1, 0.15) is 5.75 Å². The van der Waals surface area contributed by atoms with Crippen molar-refractivity contribution in [1.29, 1.82) is 0 Å². The second kappa shape index (κ2) is 9.38. The van der Waals surface area contributed by atoms with Gasteiger partial charge in [0.15, 0.2) is 0 Å². The van der Waals surface area contributed by atoms with Crippen molar-refractivity contribution in [3.8, 4) is 5.75 Å². The van der Waals surface area contributed by atoms with Crippen LogP contribution in [0.25, 0.3) is 10.9 Å². The Hall–Kier alpha value is -3.73. The monoisotopic (exact) mass is 502 g/mol. The second-order valence-electron chi connectivity index (χ2n) is 8.99. The van der Waals surface area contributed by atoms with Crippen LogP contribution in [0.3, 0.4) is 0 Å². The predicted octanol–water partition coefficient (Wildman–Crippen LogP) is 4.61. The van der Waals surface area contributed by atoms with E-state index in [1.54, 1.807) is 4.90 Å². The van der Waals surface area contributed by atoms with E-state index < -0.39 is 12.0 Å². The molecular weight excluding hydrogens is 477 g/mol. The highest BCUT2D eigenvalue weighted by Gasteiger charge is 2.42. The molecule has 2 fully saturated rings. The van der Waals surface area contributed by atoms with Crippen LogP contribution in [0.4, 0.5) is 23.7 Å². The molecule has 8 nitrogen and oxygen atoms in total. The van der Waals surface area contributed by atoms with Crippen LogP contribution in [0, 0.1) is 0 Å². The molecule has 5 rings (SSSR count). The van der Waals surface area contributed by atoms with Gasteiger partial charge in [0.2, 0.25) is 0 Å². The molecule has 36 heavy (non-hydrogen) atoms. The Kier molecular flexibility index (Phi) is 6.25. The molecule has 0 bridgehead atoms. The molecule has 2 aromatic carbocycles. The molecule has 0 unspecified atom stereocenters. The fourth-order valence-electron chi connectivity index (χ4n) is 4.82. The van der Waals surface area contributed by atoms with Gasteiger partial charge in [-0.05, 0) is 55.3 Å². The van der Waals surface area contributed by atoms with E-state index in [-0.39, 0.29) is 17.7 Å². The molecule has 11 heteroatoms. The molecular formula is C25H25F3N4O4. The summed E-state index contributed by atoms with van der Waals surface area (Å²) < 4.78 is 47.0. The topological polar surface area (TPSA) is 86.9 Å². The molecule has 0 saturated carbocycles. The van der Waals surface area contributed by atoms with Gasteiger partial charge in [-0.15, -0.1) is 13.2 Å². The Balaban J connectivity index is 1.18. The van der Waals surface area contributed by atoms with E-state index in [2.05, 4.69) is 15.0 Å². The minimum atomic E-state index is -4.78. The van der Waals surface area contributed by atoms with Gasteiger partial charge in [0.05, 0.1) is 18.8 Å². The number of aromatic nitrogens is 1. The second-order valence-corrected chi connectivity index (χ2v) is 8.99. The Morgan fingerprint density at radius 2 is 1.75 bits per heavy atom. The van der Waals surface area contributed by atoms with Gasteiger partial charge in [-0.2, -0.15) is 0 Å². The lowest BCUT2D eigenvalue weighted by atomic mass is 9.89. The largest absolute Gasteiger partial charge is 0.573 e. The van der Waals surface area contributed by atoms with Crippen LogP contribution in [-0.2, 0) is 4.74 Å². The number of morpholine rings is 1. The van der Waals surface area contributed by atoms with Gasteiger partial charge in [-0.25, -0.2) is 4.79 Å². The van der Waals surface area contributed by atoms with E-state index in [4.69, 9.17) is 4.74 Å². The summed E-state index contributed by atoms with van der Waals surface area (Å²) in [5, 5.41) is 3.60. The van der Waals surface area contributed by atoms with Gasteiger partial charge in [0, 0.05) is 48.0 Å². The summed E-state index contributed by atoms with van der Waals surface area (Å²) in [6, 6.07) is 12.1. The zero-order valence-corrected chi connectivity index (χ0v) is 19.3. The lowest BCUT2D eigenvalue weighted by Crippen LogP contribution is -2.59. The summed E-state index contributed by atoms with van der Waals surface area (Å²) in [6.45, 7) is 2.14. The summed E-state index contributed by atoms with van der Waals surface area (Å²) in [5.74, 6) is -0.390. The SMILES string of the molecule is O=C(Nc1ccc(OC(F)(F)F)cc1)N1CCOC2(CCN(C(=O)c3cccc4[nH]ccc34)CC2)C1. The first-order valence-corrected chi connectivity index (χ1v) is 11.6. The molecule has 3 aromatic rings. The third kappa shape index (κ3) is 5.11. The average Bonchev–Trinajstić information content (AvgIpc) is 3.34.